The number of aliphatic hydroxyl groups is 17. The van der Waals surface area contributed by atoms with E-state index in [9.17, 15) is 86.8 Å². The molecule has 32 atom stereocenters. The Hall–Kier alpha value is -1.96. The zero-order valence-electron chi connectivity index (χ0n) is 42.2. The fourth-order valence-electron chi connectivity index (χ4n) is 11.1. The van der Waals surface area contributed by atoms with Gasteiger partial charge in [0.15, 0.2) is 43.8 Å². The Morgan fingerprint density at radius 2 is 0.692 bits per heavy atom. The lowest BCUT2D eigenvalue weighted by Crippen LogP contribution is -2.69. The predicted octanol–water partition coefficient (Wildman–Crippen LogP) is -10.5. The van der Waals surface area contributed by atoms with Crippen LogP contribution in [0.15, 0.2) is 23.5 Å². The highest BCUT2D eigenvalue weighted by Crippen LogP contribution is 2.41. The number of rotatable bonds is 10. The molecule has 78 heavy (non-hydrogen) atoms. The van der Waals surface area contributed by atoms with E-state index in [1.165, 1.54) is 0 Å². The molecule has 32 heteroatoms. The largest absolute Gasteiger partial charge is 0.486 e. The molecule has 12 bridgehead atoms. The van der Waals surface area contributed by atoms with Crippen molar-refractivity contribution in [3.05, 3.63) is 23.5 Å². The van der Waals surface area contributed by atoms with Crippen LogP contribution in [-0.4, -0.2) is 317 Å². The molecule has 1 aliphatic carbocycles. The van der Waals surface area contributed by atoms with Gasteiger partial charge in [0, 0.05) is 5.92 Å². The van der Waals surface area contributed by atoms with E-state index in [1.807, 2.05) is 0 Å². The summed E-state index contributed by atoms with van der Waals surface area (Å²) in [4.78, 5) is 5.13. The molecule has 22 heterocycles. The standard InChI is InChI=1S/C46H75NO31/c1-12(2)14-5-4-13(3)32(21(14)54)71-39-30(63)45-69-19(10-52)37(39)76-44-29(62)25(58)35(17(8-50)68-44)74-42-27(60)23(56)33(15(6-48)66-42)72-41-26(59)22(55)34(16(7-49)65-41)73-43-28(61)24(57)36(18(9-51)67-43)75-46-31(64)40(78-47)38(77-45)20(11-53)70-46/h14-31,33-46,48-64H,1,4-11,47H2,2-3H3/t14?,15-,16-,17-,18-,19-,20-,21?,22-,23-,24-,25-,26-,27-,28-,29-,30-,31-,33-,34-,35-,36-,37+,38+,39-,40-,41-,42-,43-,44-,45-,46-/m1/s1. The molecule has 0 aromatic heterocycles. The van der Waals surface area contributed by atoms with Crippen LogP contribution in [0.3, 0.4) is 0 Å². The van der Waals surface area contributed by atoms with E-state index in [0.717, 1.165) is 0 Å². The van der Waals surface area contributed by atoms with Crippen molar-refractivity contribution in [1.82, 2.24) is 0 Å². The first-order valence-corrected chi connectivity index (χ1v) is 25.5. The average molecular weight is 1140 g/mol. The van der Waals surface area contributed by atoms with Crippen LogP contribution in [0.1, 0.15) is 26.7 Å². The van der Waals surface area contributed by atoms with Crippen molar-refractivity contribution in [1.29, 1.82) is 0 Å². The number of allylic oxidation sites excluding steroid dienone is 1. The maximum Gasteiger partial charge on any atom is 0.188 e. The second-order valence-electron chi connectivity index (χ2n) is 20.6. The van der Waals surface area contributed by atoms with Crippen LogP contribution >= 0.6 is 0 Å². The second-order valence-corrected chi connectivity index (χ2v) is 20.6. The van der Waals surface area contributed by atoms with Crippen molar-refractivity contribution in [2.24, 2.45) is 11.8 Å². The zero-order valence-corrected chi connectivity index (χ0v) is 42.2. The molecule has 22 fully saturated rings. The summed E-state index contributed by atoms with van der Waals surface area (Å²) in [5, 5.41) is 191. The summed E-state index contributed by atoms with van der Waals surface area (Å²) in [6.07, 6.45) is -58.5. The molecule has 0 spiro atoms. The highest BCUT2D eigenvalue weighted by atomic mass is 16.8. The molecule has 2 unspecified atom stereocenters. The highest BCUT2D eigenvalue weighted by Gasteiger charge is 2.60. The summed E-state index contributed by atoms with van der Waals surface area (Å²) >= 11 is 0. The molecule has 0 saturated carbocycles. The topological polar surface area (TPSA) is 499 Å². The summed E-state index contributed by atoms with van der Waals surface area (Å²) in [5.41, 5.74) is 1.09. The monoisotopic (exact) mass is 1140 g/mol. The smallest absolute Gasteiger partial charge is 0.188 e. The Bertz CT molecular complexity index is 1970. The Labute approximate surface area is 444 Å². The lowest BCUT2D eigenvalue weighted by Gasteiger charge is -2.51. The highest BCUT2D eigenvalue weighted by molar-refractivity contribution is 5.21. The third-order valence-electron chi connectivity index (χ3n) is 15.6. The van der Waals surface area contributed by atoms with Gasteiger partial charge in [0.1, 0.15) is 152 Å². The molecular weight excluding hydrogens is 1060 g/mol. The third kappa shape index (κ3) is 12.1. The summed E-state index contributed by atoms with van der Waals surface area (Å²) in [6, 6.07) is 0. The number of hydrogen-bond acceptors (Lipinski definition) is 32. The molecule has 22 saturated heterocycles. The first-order valence-electron chi connectivity index (χ1n) is 25.5. The van der Waals surface area contributed by atoms with E-state index in [2.05, 4.69) is 6.58 Å². The van der Waals surface area contributed by atoms with Crippen molar-refractivity contribution in [2.45, 2.75) is 217 Å². The van der Waals surface area contributed by atoms with Crippen LogP contribution in [0.25, 0.3) is 0 Å². The number of aliphatic hydroxyl groups excluding tert-OH is 17. The van der Waals surface area contributed by atoms with Crippen LogP contribution in [0.2, 0.25) is 0 Å². The van der Waals surface area contributed by atoms with Gasteiger partial charge in [-0.15, -0.1) is 0 Å². The molecule has 32 nitrogen and oxygen atoms in total. The average Bonchev–Trinajstić information content (AvgIpc) is 3.45. The maximum atomic E-state index is 12.3. The van der Waals surface area contributed by atoms with Crippen molar-refractivity contribution in [3.8, 4) is 0 Å². The van der Waals surface area contributed by atoms with Crippen molar-refractivity contribution >= 4 is 0 Å². The maximum absolute atomic E-state index is 12.3. The molecule has 0 radical (unpaired) electrons. The first-order chi connectivity index (χ1) is 37.2. The summed E-state index contributed by atoms with van der Waals surface area (Å²) < 4.78 is 77.0. The van der Waals surface area contributed by atoms with E-state index >= 15 is 0 Å². The van der Waals surface area contributed by atoms with Crippen LogP contribution < -0.4 is 5.90 Å². The van der Waals surface area contributed by atoms with Gasteiger partial charge in [-0.2, -0.15) is 0 Å². The molecule has 23 rings (SSSR count). The second kappa shape index (κ2) is 26.3. The van der Waals surface area contributed by atoms with Crippen molar-refractivity contribution < 1.29 is 153 Å². The first kappa shape index (κ1) is 62.1. The van der Waals surface area contributed by atoms with Gasteiger partial charge in [0.25, 0.3) is 0 Å². The molecule has 0 amide bonds. The molecule has 0 aromatic carbocycles. The van der Waals surface area contributed by atoms with Gasteiger partial charge in [-0.05, 0) is 32.3 Å². The fraction of sp³-hybridized carbons (Fsp3) is 0.913. The predicted molar refractivity (Wildman–Crippen MR) is 244 cm³/mol. The van der Waals surface area contributed by atoms with Gasteiger partial charge in [0.05, 0.1) is 39.6 Å². The van der Waals surface area contributed by atoms with Crippen LogP contribution in [0.5, 0.6) is 0 Å². The molecule has 0 aromatic rings. The fourth-order valence-corrected chi connectivity index (χ4v) is 11.1. The quantitative estimate of drug-likeness (QED) is 0.0713. The molecule has 23 aliphatic rings. The van der Waals surface area contributed by atoms with Gasteiger partial charge >= 0.3 is 0 Å². The molecule has 22 aliphatic heterocycles. The van der Waals surface area contributed by atoms with Gasteiger partial charge in [0.2, 0.25) is 0 Å². The van der Waals surface area contributed by atoms with Crippen molar-refractivity contribution in [3.63, 3.8) is 0 Å². The Morgan fingerprint density at radius 3 is 0.987 bits per heavy atom. The van der Waals surface area contributed by atoms with Crippen LogP contribution in [-0.2, 0) is 66.4 Å². The minimum atomic E-state index is -2.18. The summed E-state index contributed by atoms with van der Waals surface area (Å²) in [6.45, 7) is 1.30. The van der Waals surface area contributed by atoms with Crippen LogP contribution in [0.4, 0.5) is 0 Å². The minimum Gasteiger partial charge on any atom is -0.486 e. The summed E-state index contributed by atoms with van der Waals surface area (Å²) in [7, 11) is 0. The zero-order chi connectivity index (χ0) is 56.8. The minimum absolute atomic E-state index is 0.0654. The van der Waals surface area contributed by atoms with E-state index in [1.54, 1.807) is 13.8 Å². The molecular formula is C46H75NO31. The van der Waals surface area contributed by atoms with Gasteiger partial charge in [-0.3, -0.25) is 4.84 Å². The number of ether oxygens (including phenoxy) is 13. The Morgan fingerprint density at radius 1 is 0.423 bits per heavy atom. The molecule has 450 valence electrons. The van der Waals surface area contributed by atoms with E-state index in [0.29, 0.717) is 24.0 Å². The lowest BCUT2D eigenvalue weighted by atomic mass is 9.82. The normalized spacial score (nSPS) is 51.7. The van der Waals surface area contributed by atoms with E-state index in [4.69, 9.17) is 72.3 Å². The van der Waals surface area contributed by atoms with Gasteiger partial charge < -0.3 is 148 Å². The SMILES string of the molecule is C=C(C)C1CCC(C)=C(O[C@@H]2[C@@H](O)[C@H]3O[C@@H]4[C@H](ON)[C@@H](O)[C@@H](O[C@H]5[C@H](O)[C@@H](O)[C@@H](O[C@H]6[C@H](O)[C@@H](O)[C@@H](O[C@H]7[C@H](O)[C@@H](O)[C@@H](O[C@H]8[C@H](O)[C@@H](O)[C@@H](O[C@H]2[C@@H](CO)O3)O[C@@H]8CO)O[C@@H]7CO)O[C@@H]6CO)O[C@@H]5CO)O[C@@H]4CO)C1O. The number of hydrogen-bond donors (Lipinski definition) is 18. The lowest BCUT2D eigenvalue weighted by molar-refractivity contribution is -0.405. The van der Waals surface area contributed by atoms with Crippen molar-refractivity contribution in [2.75, 3.05) is 39.6 Å². The van der Waals surface area contributed by atoms with E-state index < -0.39 is 236 Å². The Balaban J connectivity index is 1.16. The number of nitrogens with two attached hydrogens (primary N) is 1. The van der Waals surface area contributed by atoms with Crippen LogP contribution in [0, 0.1) is 5.92 Å². The van der Waals surface area contributed by atoms with Gasteiger partial charge in [-0.1, -0.05) is 12.2 Å². The Kier molecular flexibility index (Phi) is 20.9. The third-order valence-corrected chi connectivity index (χ3v) is 15.6. The summed E-state index contributed by atoms with van der Waals surface area (Å²) in [5.74, 6) is 5.09. The molecule has 19 N–H and O–H groups in total. The van der Waals surface area contributed by atoms with E-state index in [-0.39, 0.29) is 5.76 Å². The van der Waals surface area contributed by atoms with Gasteiger partial charge in [-0.25, -0.2) is 5.90 Å².